The summed E-state index contributed by atoms with van der Waals surface area (Å²) >= 11 is 0. The maximum Gasteiger partial charge on any atom is 0.119 e. The zero-order valence-electron chi connectivity index (χ0n) is 13.8. The Morgan fingerprint density at radius 1 is 1.12 bits per heavy atom. The van der Waals surface area contributed by atoms with Crippen molar-refractivity contribution in [3.8, 4) is 11.4 Å². The van der Waals surface area contributed by atoms with Crippen molar-refractivity contribution in [3.05, 3.63) is 78.1 Å². The molecule has 122 valence electrons. The van der Waals surface area contributed by atoms with Crippen molar-refractivity contribution in [2.45, 2.75) is 24.9 Å². The van der Waals surface area contributed by atoms with Gasteiger partial charge in [0, 0.05) is 24.5 Å². The number of nitrogens with one attached hydrogen (secondary N) is 1. The highest BCUT2D eigenvalue weighted by molar-refractivity contribution is 5.38. The van der Waals surface area contributed by atoms with Gasteiger partial charge in [0.15, 0.2) is 0 Å². The summed E-state index contributed by atoms with van der Waals surface area (Å²) in [5, 5.41) is 8.04. The summed E-state index contributed by atoms with van der Waals surface area (Å²) in [5.41, 5.74) is 3.75. The minimum Gasteiger partial charge on any atom is -0.497 e. The number of hydrogen-bond acceptors (Lipinski definition) is 3. The van der Waals surface area contributed by atoms with Crippen LogP contribution in [-0.2, 0) is 12.1 Å². The van der Waals surface area contributed by atoms with Gasteiger partial charge in [0.2, 0.25) is 0 Å². The van der Waals surface area contributed by atoms with Crippen molar-refractivity contribution >= 4 is 0 Å². The first-order valence-electron chi connectivity index (χ1n) is 8.28. The highest BCUT2D eigenvalue weighted by atomic mass is 16.5. The lowest BCUT2D eigenvalue weighted by atomic mass is 10.0. The molecule has 4 nitrogen and oxygen atoms in total. The number of methoxy groups -OCH3 is 1. The van der Waals surface area contributed by atoms with Gasteiger partial charge in [-0.05, 0) is 54.3 Å². The monoisotopic (exact) mass is 319 g/mol. The first kappa shape index (κ1) is 15.0. The minimum absolute atomic E-state index is 0.0935. The van der Waals surface area contributed by atoms with E-state index in [4.69, 9.17) is 4.74 Å². The molecule has 4 rings (SSSR count). The topological polar surface area (TPSA) is 39.1 Å². The molecular weight excluding hydrogens is 298 g/mol. The van der Waals surface area contributed by atoms with Crippen LogP contribution in [0.4, 0.5) is 0 Å². The van der Waals surface area contributed by atoms with Crippen LogP contribution in [0.15, 0.2) is 67.0 Å². The van der Waals surface area contributed by atoms with Gasteiger partial charge < -0.3 is 10.1 Å². The fourth-order valence-electron chi connectivity index (χ4n) is 3.11. The van der Waals surface area contributed by atoms with Crippen LogP contribution in [0.3, 0.4) is 0 Å². The van der Waals surface area contributed by atoms with E-state index in [9.17, 15) is 0 Å². The smallest absolute Gasteiger partial charge is 0.119 e. The van der Waals surface area contributed by atoms with Crippen molar-refractivity contribution < 1.29 is 4.74 Å². The summed E-state index contributed by atoms with van der Waals surface area (Å²) in [6.45, 7) is 0.840. The Balaban J connectivity index is 1.49. The summed E-state index contributed by atoms with van der Waals surface area (Å²) in [4.78, 5) is 0. The van der Waals surface area contributed by atoms with E-state index in [1.54, 1.807) is 13.3 Å². The van der Waals surface area contributed by atoms with E-state index in [0.29, 0.717) is 0 Å². The first-order chi connectivity index (χ1) is 11.8. The molecule has 1 heterocycles. The summed E-state index contributed by atoms with van der Waals surface area (Å²) in [6.07, 6.45) is 6.09. The molecular formula is C20H21N3O. The van der Waals surface area contributed by atoms with Crippen LogP contribution >= 0.6 is 0 Å². The number of aromatic nitrogens is 2. The standard InChI is InChI=1S/C20H21N3O/c1-24-19-8-3-6-17(14-19)20(9-10-20)21-15-16-5-2-7-18(13-16)23-12-4-11-22-23/h2-8,11-14,21H,9-10,15H2,1H3. The number of nitrogens with zero attached hydrogens (tertiary/aromatic N) is 2. The Morgan fingerprint density at radius 2 is 2.00 bits per heavy atom. The molecule has 1 N–H and O–H groups in total. The molecule has 24 heavy (non-hydrogen) atoms. The van der Waals surface area contributed by atoms with Gasteiger partial charge in [-0.15, -0.1) is 0 Å². The van der Waals surface area contributed by atoms with Crippen molar-refractivity contribution in [1.82, 2.24) is 15.1 Å². The largest absolute Gasteiger partial charge is 0.497 e. The average Bonchev–Trinajstić information content (AvgIpc) is 3.23. The predicted molar refractivity (Wildman–Crippen MR) is 94.3 cm³/mol. The molecule has 0 amide bonds. The van der Waals surface area contributed by atoms with Crippen LogP contribution in [0.2, 0.25) is 0 Å². The van der Waals surface area contributed by atoms with E-state index in [0.717, 1.165) is 18.0 Å². The van der Waals surface area contributed by atoms with Crippen LogP contribution in [-0.4, -0.2) is 16.9 Å². The highest BCUT2D eigenvalue weighted by Crippen LogP contribution is 2.46. The molecule has 1 saturated carbocycles. The van der Waals surface area contributed by atoms with E-state index in [2.05, 4.69) is 52.9 Å². The Morgan fingerprint density at radius 3 is 2.75 bits per heavy atom. The molecule has 0 unspecified atom stereocenters. The average molecular weight is 319 g/mol. The quantitative estimate of drug-likeness (QED) is 0.753. The molecule has 1 aromatic heterocycles. The second kappa shape index (κ2) is 6.13. The first-order valence-corrected chi connectivity index (χ1v) is 8.28. The van der Waals surface area contributed by atoms with E-state index >= 15 is 0 Å². The summed E-state index contributed by atoms with van der Waals surface area (Å²) < 4.78 is 7.25. The van der Waals surface area contributed by atoms with Crippen molar-refractivity contribution in [2.75, 3.05) is 7.11 Å². The Kier molecular flexibility index (Phi) is 3.82. The van der Waals surface area contributed by atoms with Crippen LogP contribution in [0.25, 0.3) is 5.69 Å². The highest BCUT2D eigenvalue weighted by Gasteiger charge is 2.43. The van der Waals surface area contributed by atoms with Gasteiger partial charge in [-0.3, -0.25) is 0 Å². The number of benzene rings is 2. The fraction of sp³-hybridized carbons (Fsp3) is 0.250. The van der Waals surface area contributed by atoms with Crippen molar-refractivity contribution in [3.63, 3.8) is 0 Å². The molecule has 0 saturated heterocycles. The lowest BCUT2D eigenvalue weighted by molar-refractivity contribution is 0.412. The molecule has 1 fully saturated rings. The Labute approximate surface area is 142 Å². The van der Waals surface area contributed by atoms with E-state index < -0.39 is 0 Å². The van der Waals surface area contributed by atoms with E-state index in [1.807, 2.05) is 23.0 Å². The number of ether oxygens (including phenoxy) is 1. The maximum absolute atomic E-state index is 5.36. The van der Waals surface area contributed by atoms with Crippen LogP contribution in [0, 0.1) is 0 Å². The van der Waals surface area contributed by atoms with Gasteiger partial charge in [0.05, 0.1) is 12.8 Å². The van der Waals surface area contributed by atoms with Gasteiger partial charge in [0.25, 0.3) is 0 Å². The molecule has 0 radical (unpaired) electrons. The van der Waals surface area contributed by atoms with Crippen molar-refractivity contribution in [1.29, 1.82) is 0 Å². The normalized spacial score (nSPS) is 15.2. The molecule has 0 spiro atoms. The minimum atomic E-state index is 0.0935. The van der Waals surface area contributed by atoms with Gasteiger partial charge >= 0.3 is 0 Å². The zero-order valence-corrected chi connectivity index (χ0v) is 13.8. The molecule has 2 aromatic carbocycles. The van der Waals surface area contributed by atoms with Gasteiger partial charge in [-0.1, -0.05) is 24.3 Å². The summed E-state index contributed by atoms with van der Waals surface area (Å²) in [7, 11) is 1.72. The lowest BCUT2D eigenvalue weighted by Gasteiger charge is -2.19. The second-order valence-electron chi connectivity index (χ2n) is 6.29. The fourth-order valence-corrected chi connectivity index (χ4v) is 3.11. The predicted octanol–water partition coefficient (Wildman–Crippen LogP) is 3.66. The molecule has 0 bridgehead atoms. The third-order valence-electron chi connectivity index (χ3n) is 4.68. The molecule has 1 aliphatic carbocycles. The van der Waals surface area contributed by atoms with Crippen molar-refractivity contribution in [2.24, 2.45) is 0 Å². The van der Waals surface area contributed by atoms with E-state index in [1.165, 1.54) is 24.0 Å². The van der Waals surface area contributed by atoms with Gasteiger partial charge in [0.1, 0.15) is 5.75 Å². The molecule has 0 aliphatic heterocycles. The molecule has 0 atom stereocenters. The summed E-state index contributed by atoms with van der Waals surface area (Å²) in [5.74, 6) is 0.918. The third kappa shape index (κ3) is 2.93. The van der Waals surface area contributed by atoms with E-state index in [-0.39, 0.29) is 5.54 Å². The van der Waals surface area contributed by atoms with Crippen LogP contribution in [0.1, 0.15) is 24.0 Å². The summed E-state index contributed by atoms with van der Waals surface area (Å²) in [6, 6.07) is 18.8. The van der Waals surface area contributed by atoms with Gasteiger partial charge in [-0.2, -0.15) is 5.10 Å². The molecule has 3 aromatic rings. The third-order valence-corrected chi connectivity index (χ3v) is 4.68. The maximum atomic E-state index is 5.36. The number of rotatable bonds is 6. The Hall–Kier alpha value is -2.59. The second-order valence-corrected chi connectivity index (χ2v) is 6.29. The number of hydrogen-bond donors (Lipinski definition) is 1. The molecule has 1 aliphatic rings. The lowest BCUT2D eigenvalue weighted by Crippen LogP contribution is -2.28. The van der Waals surface area contributed by atoms with Crippen LogP contribution < -0.4 is 10.1 Å². The van der Waals surface area contributed by atoms with Crippen LogP contribution in [0.5, 0.6) is 5.75 Å². The molecule has 4 heteroatoms. The SMILES string of the molecule is COc1cccc(C2(NCc3cccc(-n4cccn4)c3)CC2)c1. The Bertz CT molecular complexity index is 822. The van der Waals surface area contributed by atoms with Gasteiger partial charge in [-0.25, -0.2) is 4.68 Å². The zero-order chi connectivity index (χ0) is 16.4.